The summed E-state index contributed by atoms with van der Waals surface area (Å²) in [6.45, 7) is 13.1. The van der Waals surface area contributed by atoms with Gasteiger partial charge in [0.05, 0.1) is 16.6 Å². The molecule has 280 valence electrons. The molecule has 3 aromatic heterocycles. The molecular formula is C50H42N3O2Pt-. The summed E-state index contributed by atoms with van der Waals surface area (Å²) in [5.41, 5.74) is 12.2. The predicted octanol–water partition coefficient (Wildman–Crippen LogP) is 13.1. The van der Waals surface area contributed by atoms with Gasteiger partial charge in [0.2, 0.25) is 0 Å². The van der Waals surface area contributed by atoms with Crippen molar-refractivity contribution in [1.29, 1.82) is 0 Å². The molecule has 0 amide bonds. The summed E-state index contributed by atoms with van der Waals surface area (Å²) in [5, 5.41) is 14.1. The van der Waals surface area contributed by atoms with E-state index < -0.39 is 0 Å². The van der Waals surface area contributed by atoms with Crippen molar-refractivity contribution in [1.82, 2.24) is 14.5 Å². The van der Waals surface area contributed by atoms with Gasteiger partial charge in [0, 0.05) is 55.0 Å². The molecule has 6 heteroatoms. The number of rotatable bonds is 5. The van der Waals surface area contributed by atoms with Crippen molar-refractivity contribution >= 4 is 33.0 Å². The van der Waals surface area contributed by atoms with Crippen LogP contribution in [-0.4, -0.2) is 19.6 Å². The third kappa shape index (κ3) is 6.44. The van der Waals surface area contributed by atoms with Crippen LogP contribution in [0.1, 0.15) is 52.7 Å². The van der Waals surface area contributed by atoms with Crippen molar-refractivity contribution in [2.45, 2.75) is 52.4 Å². The van der Waals surface area contributed by atoms with Gasteiger partial charge in [-0.1, -0.05) is 143 Å². The number of phenols is 1. The van der Waals surface area contributed by atoms with Gasteiger partial charge in [-0.2, -0.15) is 0 Å². The Balaban J connectivity index is 0.00000441. The predicted molar refractivity (Wildman–Crippen MR) is 226 cm³/mol. The van der Waals surface area contributed by atoms with Crippen LogP contribution in [0.4, 0.5) is 0 Å². The van der Waals surface area contributed by atoms with E-state index in [2.05, 4.69) is 137 Å². The first-order chi connectivity index (χ1) is 26.5. The Hall–Kier alpha value is -5.77. The molecule has 1 N–H and O–H groups in total. The summed E-state index contributed by atoms with van der Waals surface area (Å²) < 4.78 is 8.46. The summed E-state index contributed by atoms with van der Waals surface area (Å²) >= 11 is 0. The molecule has 0 aliphatic rings. The zero-order valence-electron chi connectivity index (χ0n) is 32.3. The molecule has 9 rings (SSSR count). The molecule has 0 bridgehead atoms. The Morgan fingerprint density at radius 3 is 2.07 bits per heavy atom. The maximum absolute atomic E-state index is 12.1. The number of imidazole rings is 1. The van der Waals surface area contributed by atoms with Crippen molar-refractivity contribution in [3.8, 4) is 56.3 Å². The van der Waals surface area contributed by atoms with Gasteiger partial charge in [-0.15, -0.1) is 23.8 Å². The molecule has 0 aliphatic heterocycles. The second kappa shape index (κ2) is 14.1. The maximum atomic E-state index is 12.1. The van der Waals surface area contributed by atoms with Crippen LogP contribution in [-0.2, 0) is 31.9 Å². The molecule has 0 saturated heterocycles. The van der Waals surface area contributed by atoms with Crippen LogP contribution in [0, 0.1) is 6.07 Å². The van der Waals surface area contributed by atoms with E-state index in [-0.39, 0.29) is 37.6 Å². The molecule has 0 atom stereocenters. The summed E-state index contributed by atoms with van der Waals surface area (Å²) in [6, 6.07) is 49.5. The summed E-state index contributed by atoms with van der Waals surface area (Å²) in [6.07, 6.45) is 1.81. The quantitative estimate of drug-likeness (QED) is 0.175. The Bertz CT molecular complexity index is 2890. The number of aromatic hydroxyl groups is 1. The molecule has 6 aromatic carbocycles. The normalized spacial score (nSPS) is 12.0. The summed E-state index contributed by atoms with van der Waals surface area (Å²) in [7, 11) is 0. The number of para-hydroxylation sites is 3. The zero-order chi connectivity index (χ0) is 38.1. The molecule has 0 fully saturated rings. The molecule has 9 aromatic rings. The molecule has 0 unspecified atom stereocenters. The van der Waals surface area contributed by atoms with Crippen LogP contribution in [0.3, 0.4) is 0 Å². The van der Waals surface area contributed by atoms with Gasteiger partial charge in [-0.3, -0.25) is 9.55 Å². The average Bonchev–Trinajstić information content (AvgIpc) is 3.76. The summed E-state index contributed by atoms with van der Waals surface area (Å²) in [5.74, 6) is 0.930. The number of fused-ring (bicyclic) bond motifs is 4. The van der Waals surface area contributed by atoms with E-state index >= 15 is 0 Å². The molecule has 3 heterocycles. The molecule has 0 spiro atoms. The monoisotopic (exact) mass is 911 g/mol. The average molecular weight is 912 g/mol. The van der Waals surface area contributed by atoms with E-state index in [1.807, 2.05) is 48.5 Å². The standard InChI is InChI=1S/C50H42N3O2.Pt/c1-49(2,3)35-29-39(47(54)40(30-35)50(4,5)6)48-52-46-37(21-15-22-41(46)53(48)36-18-11-8-12-19-36)33-26-32(31-16-9-7-10-17-31)27-34(28-33)45-44-38-20-13-14-23-42(38)55-43(44)24-25-51-45;/h7-27,29-30,54H,1-6H3;/q-1;. The SMILES string of the molecule is CC(C)(C)c1cc(-c2nc3c(-c4[c-]c(-c5nccc6oc7ccccc7c56)cc(-c5ccccc5)c4)cccc3n2-c2ccccc2)c(O)c(C(C)(C)C)c1.[Pt]. The Morgan fingerprint density at radius 1 is 0.643 bits per heavy atom. The van der Waals surface area contributed by atoms with Crippen molar-refractivity contribution in [3.05, 3.63) is 157 Å². The third-order valence-electron chi connectivity index (χ3n) is 10.5. The van der Waals surface area contributed by atoms with Crippen molar-refractivity contribution in [2.75, 3.05) is 0 Å². The van der Waals surface area contributed by atoms with Gasteiger partial charge in [0.25, 0.3) is 0 Å². The second-order valence-electron chi connectivity index (χ2n) is 16.4. The van der Waals surface area contributed by atoms with Crippen LogP contribution in [0.15, 0.2) is 144 Å². The molecule has 0 saturated carbocycles. The molecule has 56 heavy (non-hydrogen) atoms. The Morgan fingerprint density at radius 2 is 1.34 bits per heavy atom. The van der Waals surface area contributed by atoms with Crippen LogP contribution in [0.5, 0.6) is 5.75 Å². The smallest absolute Gasteiger partial charge is 0.148 e. The molecular weight excluding hydrogens is 870 g/mol. The molecule has 0 aliphatic carbocycles. The maximum Gasteiger partial charge on any atom is 0.148 e. The van der Waals surface area contributed by atoms with E-state index in [0.717, 1.165) is 83.3 Å². The van der Waals surface area contributed by atoms with E-state index in [4.69, 9.17) is 14.4 Å². The van der Waals surface area contributed by atoms with Crippen LogP contribution in [0.2, 0.25) is 0 Å². The number of phenolic OH excluding ortho intramolecular Hbond substituents is 1. The van der Waals surface area contributed by atoms with Crippen LogP contribution in [0.25, 0.3) is 83.6 Å². The zero-order valence-corrected chi connectivity index (χ0v) is 34.6. The number of nitrogens with zero attached hydrogens (tertiary/aromatic N) is 3. The fraction of sp³-hybridized carbons (Fsp3) is 0.160. The number of aromatic nitrogens is 3. The minimum atomic E-state index is -0.296. The minimum absolute atomic E-state index is 0. The van der Waals surface area contributed by atoms with E-state index in [0.29, 0.717) is 11.4 Å². The number of hydrogen-bond donors (Lipinski definition) is 1. The van der Waals surface area contributed by atoms with E-state index in [9.17, 15) is 5.11 Å². The topological polar surface area (TPSA) is 64.1 Å². The van der Waals surface area contributed by atoms with Gasteiger partial charge < -0.3 is 9.52 Å². The second-order valence-corrected chi connectivity index (χ2v) is 16.4. The fourth-order valence-electron chi connectivity index (χ4n) is 7.66. The number of furan rings is 1. The van der Waals surface area contributed by atoms with Gasteiger partial charge in [-0.05, 0) is 58.4 Å². The van der Waals surface area contributed by atoms with Crippen LogP contribution >= 0.6 is 0 Å². The van der Waals surface area contributed by atoms with Gasteiger partial charge >= 0.3 is 0 Å². The Kier molecular flexibility index (Phi) is 9.33. The number of benzene rings is 6. The van der Waals surface area contributed by atoms with Gasteiger partial charge in [0.15, 0.2) is 0 Å². The van der Waals surface area contributed by atoms with Crippen LogP contribution < -0.4 is 0 Å². The van der Waals surface area contributed by atoms with Crippen molar-refractivity contribution in [2.24, 2.45) is 0 Å². The van der Waals surface area contributed by atoms with Crippen molar-refractivity contribution < 1.29 is 30.6 Å². The molecule has 5 nitrogen and oxygen atoms in total. The fourth-order valence-corrected chi connectivity index (χ4v) is 7.66. The number of hydrogen-bond acceptors (Lipinski definition) is 4. The minimum Gasteiger partial charge on any atom is -0.507 e. The first-order valence-electron chi connectivity index (χ1n) is 18.8. The van der Waals surface area contributed by atoms with Gasteiger partial charge in [0.1, 0.15) is 22.7 Å². The summed E-state index contributed by atoms with van der Waals surface area (Å²) in [4.78, 5) is 10.4. The number of pyridine rings is 1. The first-order valence-corrected chi connectivity index (χ1v) is 18.8. The van der Waals surface area contributed by atoms with Crippen molar-refractivity contribution in [3.63, 3.8) is 0 Å². The van der Waals surface area contributed by atoms with Gasteiger partial charge in [-0.25, -0.2) is 4.98 Å². The molecule has 0 radical (unpaired) electrons. The Labute approximate surface area is 342 Å². The van der Waals surface area contributed by atoms with E-state index in [1.54, 1.807) is 6.20 Å². The third-order valence-corrected chi connectivity index (χ3v) is 10.5. The first kappa shape index (κ1) is 37.2. The van der Waals surface area contributed by atoms with E-state index in [1.165, 1.54) is 0 Å². The largest absolute Gasteiger partial charge is 0.507 e.